The van der Waals surface area contributed by atoms with Crippen LogP contribution in [0.15, 0.2) is 36.7 Å². The zero-order valence-electron chi connectivity index (χ0n) is 10.6. The Morgan fingerprint density at radius 1 is 1.17 bits per heavy atom. The Morgan fingerprint density at radius 2 is 1.83 bits per heavy atom. The van der Waals surface area contributed by atoms with Gasteiger partial charge in [0.05, 0.1) is 11.4 Å². The lowest BCUT2D eigenvalue weighted by molar-refractivity contribution is 0.474. The molecule has 2 rings (SSSR count). The van der Waals surface area contributed by atoms with Crippen LogP contribution in [0.4, 0.5) is 0 Å². The molecule has 1 atom stereocenters. The van der Waals surface area contributed by atoms with Crippen molar-refractivity contribution in [3.8, 4) is 5.75 Å². The summed E-state index contributed by atoms with van der Waals surface area (Å²) in [6, 6.07) is 7.33. The summed E-state index contributed by atoms with van der Waals surface area (Å²) in [5, 5.41) is 12.6. The van der Waals surface area contributed by atoms with E-state index >= 15 is 0 Å². The van der Waals surface area contributed by atoms with Crippen LogP contribution in [0.3, 0.4) is 0 Å². The minimum atomic E-state index is 0.146. The number of aromatic hydroxyl groups is 1. The first-order valence-corrected chi connectivity index (χ1v) is 5.95. The molecule has 0 aliphatic rings. The molecule has 0 amide bonds. The Morgan fingerprint density at radius 3 is 2.50 bits per heavy atom. The third-order valence-electron chi connectivity index (χ3n) is 2.88. The average molecular weight is 243 g/mol. The molecule has 4 nitrogen and oxygen atoms in total. The van der Waals surface area contributed by atoms with Crippen LogP contribution in [0.5, 0.6) is 5.75 Å². The van der Waals surface area contributed by atoms with Gasteiger partial charge in [0.2, 0.25) is 0 Å². The van der Waals surface area contributed by atoms with Crippen molar-refractivity contribution in [1.82, 2.24) is 15.3 Å². The average Bonchev–Trinajstić information content (AvgIpc) is 2.38. The summed E-state index contributed by atoms with van der Waals surface area (Å²) in [5.41, 5.74) is 3.04. The summed E-state index contributed by atoms with van der Waals surface area (Å²) in [5.74, 6) is 0.288. The molecule has 2 aromatic rings. The number of benzene rings is 1. The van der Waals surface area contributed by atoms with Gasteiger partial charge in [0.25, 0.3) is 0 Å². The highest BCUT2D eigenvalue weighted by Crippen LogP contribution is 2.14. The highest BCUT2D eigenvalue weighted by Gasteiger charge is 2.09. The van der Waals surface area contributed by atoms with E-state index < -0.39 is 0 Å². The molecule has 4 heteroatoms. The van der Waals surface area contributed by atoms with Gasteiger partial charge < -0.3 is 10.4 Å². The zero-order valence-corrected chi connectivity index (χ0v) is 10.6. The molecule has 1 heterocycles. The number of aromatic nitrogens is 2. The van der Waals surface area contributed by atoms with Gasteiger partial charge in [-0.05, 0) is 31.5 Å². The third-order valence-corrected chi connectivity index (χ3v) is 2.88. The van der Waals surface area contributed by atoms with E-state index in [0.717, 1.165) is 23.5 Å². The Balaban J connectivity index is 1.98. The van der Waals surface area contributed by atoms with Crippen molar-refractivity contribution in [2.75, 3.05) is 0 Å². The molecule has 0 saturated heterocycles. The Hall–Kier alpha value is -1.94. The molecule has 0 spiro atoms. The molecule has 18 heavy (non-hydrogen) atoms. The standard InChI is InChI=1S/C14H17N3O/c1-10-14(16-8-7-15-10)11(2)17-9-12-3-5-13(18)6-4-12/h3-8,11,17-18H,9H2,1-2H3. The molecule has 1 unspecified atom stereocenters. The highest BCUT2D eigenvalue weighted by atomic mass is 16.3. The van der Waals surface area contributed by atoms with E-state index in [1.54, 1.807) is 24.5 Å². The van der Waals surface area contributed by atoms with Gasteiger partial charge in [0.15, 0.2) is 0 Å². The molecule has 0 aliphatic carbocycles. The van der Waals surface area contributed by atoms with Crippen molar-refractivity contribution in [2.24, 2.45) is 0 Å². The van der Waals surface area contributed by atoms with Gasteiger partial charge in [-0.2, -0.15) is 0 Å². The lowest BCUT2D eigenvalue weighted by Gasteiger charge is -2.14. The fourth-order valence-corrected chi connectivity index (χ4v) is 1.82. The normalized spacial score (nSPS) is 12.3. The fourth-order valence-electron chi connectivity index (χ4n) is 1.82. The highest BCUT2D eigenvalue weighted by molar-refractivity contribution is 5.26. The third kappa shape index (κ3) is 3.05. The lowest BCUT2D eigenvalue weighted by atomic mass is 10.1. The van der Waals surface area contributed by atoms with Crippen LogP contribution in [-0.4, -0.2) is 15.1 Å². The van der Waals surface area contributed by atoms with Gasteiger partial charge >= 0.3 is 0 Å². The number of nitrogens with one attached hydrogen (secondary N) is 1. The summed E-state index contributed by atoms with van der Waals surface area (Å²) in [7, 11) is 0. The molecule has 2 N–H and O–H groups in total. The molecule has 94 valence electrons. The number of nitrogens with zero attached hydrogens (tertiary/aromatic N) is 2. The van der Waals surface area contributed by atoms with Crippen LogP contribution in [0.25, 0.3) is 0 Å². The summed E-state index contributed by atoms with van der Waals surface area (Å²) in [6.45, 7) is 4.76. The first-order valence-electron chi connectivity index (χ1n) is 5.95. The molecule has 0 saturated carbocycles. The Bertz CT molecular complexity index is 511. The van der Waals surface area contributed by atoms with Crippen LogP contribution in [0, 0.1) is 6.92 Å². The van der Waals surface area contributed by atoms with E-state index in [9.17, 15) is 5.11 Å². The number of hydrogen-bond donors (Lipinski definition) is 2. The monoisotopic (exact) mass is 243 g/mol. The van der Waals surface area contributed by atoms with E-state index in [1.807, 2.05) is 19.1 Å². The van der Waals surface area contributed by atoms with Gasteiger partial charge in [0, 0.05) is 25.0 Å². The van der Waals surface area contributed by atoms with E-state index in [-0.39, 0.29) is 11.8 Å². The van der Waals surface area contributed by atoms with Crippen LogP contribution in [0.2, 0.25) is 0 Å². The summed E-state index contributed by atoms with van der Waals surface area (Å²) in [4.78, 5) is 8.57. The van der Waals surface area contributed by atoms with Gasteiger partial charge in [-0.3, -0.25) is 9.97 Å². The summed E-state index contributed by atoms with van der Waals surface area (Å²) in [6.07, 6.45) is 3.41. The predicted octanol–water partition coefficient (Wildman–Crippen LogP) is 2.34. The molecule has 0 fully saturated rings. The topological polar surface area (TPSA) is 58.0 Å². The number of aryl methyl sites for hydroxylation is 1. The fraction of sp³-hybridized carbons (Fsp3) is 0.286. The molecular formula is C14H17N3O. The van der Waals surface area contributed by atoms with Crippen molar-refractivity contribution in [3.05, 3.63) is 53.6 Å². The number of hydrogen-bond acceptors (Lipinski definition) is 4. The molecule has 0 radical (unpaired) electrons. The van der Waals surface area contributed by atoms with E-state index in [0.29, 0.717) is 0 Å². The maximum atomic E-state index is 9.21. The number of phenolic OH excluding ortho intramolecular Hbond substituents is 1. The van der Waals surface area contributed by atoms with Gasteiger partial charge in [-0.1, -0.05) is 12.1 Å². The van der Waals surface area contributed by atoms with Crippen molar-refractivity contribution in [2.45, 2.75) is 26.4 Å². The largest absolute Gasteiger partial charge is 0.508 e. The second kappa shape index (κ2) is 5.60. The first-order chi connectivity index (χ1) is 8.66. The quantitative estimate of drug-likeness (QED) is 0.865. The SMILES string of the molecule is Cc1nccnc1C(C)NCc1ccc(O)cc1. The lowest BCUT2D eigenvalue weighted by Crippen LogP contribution is -2.20. The van der Waals surface area contributed by atoms with Crippen LogP contribution >= 0.6 is 0 Å². The minimum absolute atomic E-state index is 0.146. The first kappa shape index (κ1) is 12.5. The molecule has 0 aliphatic heterocycles. The Labute approximate surface area is 107 Å². The number of rotatable bonds is 4. The second-order valence-corrected chi connectivity index (χ2v) is 4.30. The van der Waals surface area contributed by atoms with E-state index in [1.165, 1.54) is 0 Å². The molecule has 1 aromatic carbocycles. The van der Waals surface area contributed by atoms with Crippen molar-refractivity contribution < 1.29 is 5.11 Å². The Kier molecular flexibility index (Phi) is 3.89. The van der Waals surface area contributed by atoms with E-state index in [2.05, 4.69) is 22.2 Å². The summed E-state index contributed by atoms with van der Waals surface area (Å²) < 4.78 is 0. The van der Waals surface area contributed by atoms with Crippen molar-refractivity contribution in [1.29, 1.82) is 0 Å². The van der Waals surface area contributed by atoms with Crippen molar-refractivity contribution >= 4 is 0 Å². The smallest absolute Gasteiger partial charge is 0.115 e. The number of phenols is 1. The predicted molar refractivity (Wildman–Crippen MR) is 70.1 cm³/mol. The zero-order chi connectivity index (χ0) is 13.0. The molecular weight excluding hydrogens is 226 g/mol. The van der Waals surface area contributed by atoms with E-state index in [4.69, 9.17) is 0 Å². The second-order valence-electron chi connectivity index (χ2n) is 4.30. The summed E-state index contributed by atoms with van der Waals surface area (Å²) >= 11 is 0. The van der Waals surface area contributed by atoms with Crippen LogP contribution < -0.4 is 5.32 Å². The maximum absolute atomic E-state index is 9.21. The molecule has 0 bridgehead atoms. The minimum Gasteiger partial charge on any atom is -0.508 e. The maximum Gasteiger partial charge on any atom is 0.115 e. The molecule has 1 aromatic heterocycles. The van der Waals surface area contributed by atoms with Crippen LogP contribution in [0.1, 0.15) is 29.9 Å². The van der Waals surface area contributed by atoms with Gasteiger partial charge in [-0.15, -0.1) is 0 Å². The van der Waals surface area contributed by atoms with Crippen LogP contribution in [-0.2, 0) is 6.54 Å². The van der Waals surface area contributed by atoms with Gasteiger partial charge in [-0.25, -0.2) is 0 Å². The van der Waals surface area contributed by atoms with Gasteiger partial charge in [0.1, 0.15) is 5.75 Å². The van der Waals surface area contributed by atoms with Crippen molar-refractivity contribution in [3.63, 3.8) is 0 Å².